The minimum absolute atomic E-state index is 0.0279. The van der Waals surface area contributed by atoms with Crippen molar-refractivity contribution in [2.24, 2.45) is 5.73 Å². The van der Waals surface area contributed by atoms with Gasteiger partial charge in [-0.15, -0.1) is 0 Å². The highest BCUT2D eigenvalue weighted by atomic mass is 16.3. The van der Waals surface area contributed by atoms with Crippen molar-refractivity contribution < 1.29 is 14.7 Å². The van der Waals surface area contributed by atoms with Gasteiger partial charge in [0.25, 0.3) is 0 Å². The Morgan fingerprint density at radius 2 is 1.86 bits per heavy atom. The monoisotopic (exact) mass is 288 g/mol. The fraction of sp³-hybridized carbons (Fsp3) is 0.375. The van der Waals surface area contributed by atoms with Gasteiger partial charge < -0.3 is 16.2 Å². The molecule has 1 aromatic carbocycles. The van der Waals surface area contributed by atoms with Gasteiger partial charge in [-0.05, 0) is 36.6 Å². The smallest absolute Gasteiger partial charge is 0.248 e. The molecule has 1 fully saturated rings. The minimum Gasteiger partial charge on any atom is -0.394 e. The lowest BCUT2D eigenvalue weighted by molar-refractivity contribution is -0.118. The summed E-state index contributed by atoms with van der Waals surface area (Å²) in [6, 6.07) is 6.68. The topological polar surface area (TPSA) is 92.4 Å². The maximum absolute atomic E-state index is 11.9. The molecule has 0 unspecified atom stereocenters. The molecular weight excluding hydrogens is 268 g/mol. The molecule has 112 valence electrons. The fourth-order valence-electron chi connectivity index (χ4n) is 2.61. The molecule has 1 aromatic rings. The number of amides is 2. The Hall–Kier alpha value is -2.14. The van der Waals surface area contributed by atoms with Crippen molar-refractivity contribution in [2.75, 3.05) is 6.61 Å². The van der Waals surface area contributed by atoms with E-state index < -0.39 is 11.4 Å². The molecule has 21 heavy (non-hydrogen) atoms. The van der Waals surface area contributed by atoms with Crippen LogP contribution in [-0.4, -0.2) is 29.1 Å². The van der Waals surface area contributed by atoms with E-state index in [1.807, 2.05) is 0 Å². The number of hydrogen-bond acceptors (Lipinski definition) is 3. The summed E-state index contributed by atoms with van der Waals surface area (Å²) in [5, 5.41) is 12.3. The lowest BCUT2D eigenvalue weighted by atomic mass is 9.99. The van der Waals surface area contributed by atoms with Crippen molar-refractivity contribution in [1.29, 1.82) is 0 Å². The lowest BCUT2D eigenvalue weighted by Gasteiger charge is -2.27. The van der Waals surface area contributed by atoms with Crippen molar-refractivity contribution in [3.8, 4) is 0 Å². The molecule has 0 aliphatic heterocycles. The number of aliphatic hydroxyl groups excluding tert-OH is 1. The molecule has 0 saturated heterocycles. The van der Waals surface area contributed by atoms with Crippen LogP contribution in [0.15, 0.2) is 30.3 Å². The molecule has 1 aliphatic rings. The van der Waals surface area contributed by atoms with Gasteiger partial charge in [-0.3, -0.25) is 9.59 Å². The Balaban J connectivity index is 1.97. The summed E-state index contributed by atoms with van der Waals surface area (Å²) < 4.78 is 0. The van der Waals surface area contributed by atoms with Gasteiger partial charge in [-0.25, -0.2) is 0 Å². The number of nitrogens with one attached hydrogen (secondary N) is 1. The average molecular weight is 288 g/mol. The number of nitrogens with two attached hydrogens (primary N) is 1. The molecule has 2 rings (SSSR count). The van der Waals surface area contributed by atoms with Crippen molar-refractivity contribution in [2.45, 2.75) is 31.2 Å². The predicted molar refractivity (Wildman–Crippen MR) is 80.4 cm³/mol. The van der Waals surface area contributed by atoms with Crippen molar-refractivity contribution in [3.05, 3.63) is 41.5 Å². The summed E-state index contributed by atoms with van der Waals surface area (Å²) in [7, 11) is 0. The Bertz CT molecular complexity index is 543. The van der Waals surface area contributed by atoms with Gasteiger partial charge in [0.15, 0.2) is 0 Å². The van der Waals surface area contributed by atoms with Crippen LogP contribution in [0.5, 0.6) is 0 Å². The summed E-state index contributed by atoms with van der Waals surface area (Å²) in [5.74, 6) is -0.695. The first-order valence-corrected chi connectivity index (χ1v) is 7.06. The summed E-state index contributed by atoms with van der Waals surface area (Å²) in [4.78, 5) is 22.9. The first-order valence-electron chi connectivity index (χ1n) is 7.06. The number of carbonyl (C=O) groups excluding carboxylic acids is 2. The first-order chi connectivity index (χ1) is 10.0. The second kappa shape index (κ2) is 6.54. The number of aliphatic hydroxyl groups is 1. The van der Waals surface area contributed by atoms with Crippen LogP contribution >= 0.6 is 0 Å². The Kier molecular flexibility index (Phi) is 4.75. The van der Waals surface area contributed by atoms with Crippen molar-refractivity contribution in [3.63, 3.8) is 0 Å². The number of benzene rings is 1. The van der Waals surface area contributed by atoms with Crippen LogP contribution in [-0.2, 0) is 4.79 Å². The normalized spacial score (nSPS) is 17.0. The Morgan fingerprint density at radius 1 is 1.24 bits per heavy atom. The molecular formula is C16H20N2O3. The molecule has 0 bridgehead atoms. The van der Waals surface area contributed by atoms with Gasteiger partial charge in [0.05, 0.1) is 12.1 Å². The minimum atomic E-state index is -0.477. The zero-order valence-corrected chi connectivity index (χ0v) is 11.8. The molecule has 5 heteroatoms. The van der Waals surface area contributed by atoms with E-state index in [0.717, 1.165) is 31.2 Å². The van der Waals surface area contributed by atoms with E-state index >= 15 is 0 Å². The number of rotatable bonds is 5. The van der Waals surface area contributed by atoms with E-state index in [4.69, 9.17) is 5.73 Å². The highest BCUT2D eigenvalue weighted by Gasteiger charge is 2.33. The van der Waals surface area contributed by atoms with Gasteiger partial charge in [-0.1, -0.05) is 25.0 Å². The van der Waals surface area contributed by atoms with Crippen LogP contribution in [0.4, 0.5) is 0 Å². The maximum atomic E-state index is 11.9. The van der Waals surface area contributed by atoms with E-state index in [2.05, 4.69) is 5.32 Å². The van der Waals surface area contributed by atoms with E-state index in [1.165, 1.54) is 6.08 Å². The highest BCUT2D eigenvalue weighted by molar-refractivity contribution is 5.94. The quantitative estimate of drug-likeness (QED) is 0.711. The molecule has 0 heterocycles. The van der Waals surface area contributed by atoms with E-state index in [0.29, 0.717) is 5.56 Å². The van der Waals surface area contributed by atoms with E-state index in [-0.39, 0.29) is 12.5 Å². The van der Waals surface area contributed by atoms with E-state index in [9.17, 15) is 14.7 Å². The SMILES string of the molecule is NC(=O)c1ccc(/C=C/C(=O)NC2(CO)CCCC2)cc1. The summed E-state index contributed by atoms with van der Waals surface area (Å²) in [6.45, 7) is -0.0279. The lowest BCUT2D eigenvalue weighted by Crippen LogP contribution is -2.48. The van der Waals surface area contributed by atoms with Gasteiger partial charge in [-0.2, -0.15) is 0 Å². The zero-order valence-electron chi connectivity index (χ0n) is 11.8. The predicted octanol–water partition coefficient (Wildman–Crippen LogP) is 1.22. The maximum Gasteiger partial charge on any atom is 0.248 e. The standard InChI is InChI=1S/C16H20N2O3/c17-15(21)13-6-3-12(4-7-13)5-8-14(20)18-16(11-19)9-1-2-10-16/h3-8,19H,1-2,9-11H2,(H2,17,21)(H,18,20)/b8-5+. The molecule has 4 N–H and O–H groups in total. The first kappa shape index (κ1) is 15.3. The third-order valence-electron chi connectivity index (χ3n) is 3.87. The summed E-state index contributed by atoms with van der Waals surface area (Å²) in [5.41, 5.74) is 5.94. The molecule has 1 aliphatic carbocycles. The number of carbonyl (C=O) groups is 2. The molecule has 0 spiro atoms. The summed E-state index contributed by atoms with van der Waals surface area (Å²) >= 11 is 0. The van der Waals surface area contributed by atoms with Crippen LogP contribution in [0.25, 0.3) is 6.08 Å². The Morgan fingerprint density at radius 3 is 2.38 bits per heavy atom. The molecule has 5 nitrogen and oxygen atoms in total. The van der Waals surface area contributed by atoms with Crippen LogP contribution in [0.3, 0.4) is 0 Å². The van der Waals surface area contributed by atoms with Crippen LogP contribution in [0.2, 0.25) is 0 Å². The van der Waals surface area contributed by atoms with Gasteiger partial charge >= 0.3 is 0 Å². The molecule has 0 atom stereocenters. The van der Waals surface area contributed by atoms with Gasteiger partial charge in [0, 0.05) is 11.6 Å². The second-order valence-corrected chi connectivity index (χ2v) is 5.45. The molecule has 0 radical (unpaired) electrons. The fourth-order valence-corrected chi connectivity index (χ4v) is 2.61. The number of hydrogen-bond donors (Lipinski definition) is 3. The molecule has 0 aromatic heterocycles. The van der Waals surface area contributed by atoms with Crippen LogP contribution < -0.4 is 11.1 Å². The molecule has 1 saturated carbocycles. The average Bonchev–Trinajstić information content (AvgIpc) is 2.94. The zero-order chi connectivity index (χ0) is 15.3. The number of primary amides is 1. The second-order valence-electron chi connectivity index (χ2n) is 5.45. The third kappa shape index (κ3) is 3.92. The van der Waals surface area contributed by atoms with Gasteiger partial charge in [0.1, 0.15) is 0 Å². The Labute approximate surface area is 123 Å². The molecule has 2 amide bonds. The van der Waals surface area contributed by atoms with Crippen LogP contribution in [0, 0.1) is 0 Å². The van der Waals surface area contributed by atoms with Crippen LogP contribution in [0.1, 0.15) is 41.6 Å². The largest absolute Gasteiger partial charge is 0.394 e. The van der Waals surface area contributed by atoms with Gasteiger partial charge in [0.2, 0.25) is 11.8 Å². The van der Waals surface area contributed by atoms with Crippen molar-refractivity contribution in [1.82, 2.24) is 5.32 Å². The van der Waals surface area contributed by atoms with Crippen molar-refractivity contribution >= 4 is 17.9 Å². The highest BCUT2D eigenvalue weighted by Crippen LogP contribution is 2.29. The van der Waals surface area contributed by atoms with E-state index in [1.54, 1.807) is 30.3 Å². The summed E-state index contributed by atoms with van der Waals surface area (Å²) in [6.07, 6.45) is 6.79. The third-order valence-corrected chi connectivity index (χ3v) is 3.87.